The lowest BCUT2D eigenvalue weighted by Gasteiger charge is -2.28. The first-order chi connectivity index (χ1) is 19.6. The predicted molar refractivity (Wildman–Crippen MR) is 165 cm³/mol. The van der Waals surface area contributed by atoms with Crippen LogP contribution in [0.3, 0.4) is 0 Å². The van der Waals surface area contributed by atoms with Crippen LogP contribution in [0.15, 0.2) is 140 Å². The molecule has 0 atom stereocenters. The second-order valence-corrected chi connectivity index (χ2v) is 10.8. The molecule has 0 aliphatic heterocycles. The van der Waals surface area contributed by atoms with Crippen LogP contribution in [0.4, 0.5) is 17.1 Å². The average Bonchev–Trinajstić information content (AvgIpc) is 3.25. The molecule has 0 saturated carbocycles. The molecule has 0 amide bonds. The number of fused-ring (bicyclic) bond motifs is 3. The van der Waals surface area contributed by atoms with Gasteiger partial charge in [-0.15, -0.1) is 0 Å². The summed E-state index contributed by atoms with van der Waals surface area (Å²) in [6.07, 6.45) is 3.67. The molecule has 0 saturated heterocycles. The third kappa shape index (κ3) is 4.07. The van der Waals surface area contributed by atoms with Crippen molar-refractivity contribution in [2.24, 2.45) is 0 Å². The molecule has 0 N–H and O–H groups in total. The van der Waals surface area contributed by atoms with E-state index in [0.717, 1.165) is 39.6 Å². The summed E-state index contributed by atoms with van der Waals surface area (Å²) in [7, 11) is 0. The highest BCUT2D eigenvalue weighted by molar-refractivity contribution is 5.86. The van der Waals surface area contributed by atoms with Crippen molar-refractivity contribution in [3.05, 3.63) is 151 Å². The fourth-order valence-electron chi connectivity index (χ4n) is 5.91. The Labute approximate surface area is 235 Å². The van der Waals surface area contributed by atoms with E-state index in [1.54, 1.807) is 0 Å². The maximum Gasteiger partial charge on any atom is 0.0701 e. The minimum Gasteiger partial charge on any atom is -0.310 e. The highest BCUT2D eigenvalue weighted by Gasteiger charge is 2.35. The van der Waals surface area contributed by atoms with Crippen molar-refractivity contribution in [3.8, 4) is 33.6 Å². The van der Waals surface area contributed by atoms with Gasteiger partial charge in [0.05, 0.1) is 11.4 Å². The van der Waals surface area contributed by atoms with Crippen LogP contribution in [0.5, 0.6) is 0 Å². The first kappa shape index (κ1) is 24.1. The smallest absolute Gasteiger partial charge is 0.0701 e. The molecule has 40 heavy (non-hydrogen) atoms. The Hall–Kier alpha value is -5.02. The van der Waals surface area contributed by atoms with Gasteiger partial charge < -0.3 is 4.90 Å². The van der Waals surface area contributed by atoms with Crippen molar-refractivity contribution in [2.45, 2.75) is 19.3 Å². The lowest BCUT2D eigenvalue weighted by atomic mass is 9.82. The molecule has 0 fully saturated rings. The first-order valence-electron chi connectivity index (χ1n) is 13.7. The van der Waals surface area contributed by atoms with Crippen molar-refractivity contribution in [1.29, 1.82) is 0 Å². The third-order valence-corrected chi connectivity index (χ3v) is 8.00. The molecule has 2 heterocycles. The summed E-state index contributed by atoms with van der Waals surface area (Å²) in [5, 5.41) is 0. The highest BCUT2D eigenvalue weighted by atomic mass is 15.1. The molecule has 0 unspecified atom stereocenters. The molecule has 4 aromatic carbocycles. The number of pyridine rings is 2. The Morgan fingerprint density at radius 1 is 0.475 bits per heavy atom. The molecular weight excluding hydrogens is 486 g/mol. The Bertz CT molecular complexity index is 1710. The quantitative estimate of drug-likeness (QED) is 0.229. The molecule has 3 nitrogen and oxygen atoms in total. The van der Waals surface area contributed by atoms with E-state index in [-0.39, 0.29) is 5.41 Å². The van der Waals surface area contributed by atoms with Crippen LogP contribution in [0.25, 0.3) is 33.6 Å². The molecule has 7 rings (SSSR count). The van der Waals surface area contributed by atoms with E-state index in [2.05, 4.69) is 120 Å². The third-order valence-electron chi connectivity index (χ3n) is 8.00. The number of nitrogens with zero attached hydrogens (tertiary/aromatic N) is 3. The fourth-order valence-corrected chi connectivity index (χ4v) is 5.91. The minimum atomic E-state index is -0.0702. The fraction of sp³-hybridized carbons (Fsp3) is 0.0811. The van der Waals surface area contributed by atoms with Crippen molar-refractivity contribution in [3.63, 3.8) is 0 Å². The van der Waals surface area contributed by atoms with E-state index < -0.39 is 0 Å². The number of aromatic nitrogens is 2. The zero-order valence-corrected chi connectivity index (χ0v) is 22.6. The van der Waals surface area contributed by atoms with Crippen molar-refractivity contribution in [2.75, 3.05) is 4.90 Å². The van der Waals surface area contributed by atoms with E-state index in [1.807, 2.05) is 48.8 Å². The summed E-state index contributed by atoms with van der Waals surface area (Å²) in [6, 6.07) is 45.1. The number of benzene rings is 4. The second kappa shape index (κ2) is 9.62. The van der Waals surface area contributed by atoms with Gasteiger partial charge in [-0.25, -0.2) is 0 Å². The van der Waals surface area contributed by atoms with Gasteiger partial charge in [0.15, 0.2) is 0 Å². The molecule has 2 aromatic heterocycles. The van der Waals surface area contributed by atoms with Gasteiger partial charge in [0.2, 0.25) is 0 Å². The van der Waals surface area contributed by atoms with Gasteiger partial charge in [-0.1, -0.05) is 80.6 Å². The summed E-state index contributed by atoms with van der Waals surface area (Å²) in [5.41, 5.74) is 12.8. The van der Waals surface area contributed by atoms with E-state index >= 15 is 0 Å². The van der Waals surface area contributed by atoms with Crippen LogP contribution in [-0.2, 0) is 5.41 Å². The SMILES string of the molecule is CC1(C)c2ccccc2-c2ccc(N(c3ccc(-c4ccccn4)cc3)c3ccc(-c4ccccn4)cc3)cc21. The van der Waals surface area contributed by atoms with Gasteiger partial charge in [0.1, 0.15) is 0 Å². The maximum absolute atomic E-state index is 4.53. The summed E-state index contributed by atoms with van der Waals surface area (Å²) in [5.74, 6) is 0. The molecule has 0 bridgehead atoms. The van der Waals surface area contributed by atoms with Crippen molar-refractivity contribution < 1.29 is 0 Å². The molecule has 0 radical (unpaired) electrons. The summed E-state index contributed by atoms with van der Waals surface area (Å²) in [4.78, 5) is 11.4. The Morgan fingerprint density at radius 2 is 0.975 bits per heavy atom. The monoisotopic (exact) mass is 515 g/mol. The predicted octanol–water partition coefficient (Wildman–Crippen LogP) is 9.59. The lowest BCUT2D eigenvalue weighted by molar-refractivity contribution is 0.660. The van der Waals surface area contributed by atoms with Crippen LogP contribution in [0, 0.1) is 0 Å². The largest absolute Gasteiger partial charge is 0.310 e. The van der Waals surface area contributed by atoms with Gasteiger partial charge in [-0.05, 0) is 82.9 Å². The van der Waals surface area contributed by atoms with Gasteiger partial charge in [0.25, 0.3) is 0 Å². The van der Waals surface area contributed by atoms with Crippen LogP contribution in [0.1, 0.15) is 25.0 Å². The van der Waals surface area contributed by atoms with Crippen LogP contribution in [0.2, 0.25) is 0 Å². The van der Waals surface area contributed by atoms with E-state index in [9.17, 15) is 0 Å². The van der Waals surface area contributed by atoms with Crippen molar-refractivity contribution >= 4 is 17.1 Å². The van der Waals surface area contributed by atoms with E-state index in [1.165, 1.54) is 22.3 Å². The second-order valence-electron chi connectivity index (χ2n) is 10.8. The summed E-state index contributed by atoms with van der Waals surface area (Å²) < 4.78 is 0. The van der Waals surface area contributed by atoms with E-state index in [4.69, 9.17) is 0 Å². The number of hydrogen-bond acceptors (Lipinski definition) is 3. The van der Waals surface area contributed by atoms with E-state index in [0.29, 0.717) is 0 Å². The van der Waals surface area contributed by atoms with Gasteiger partial charge in [-0.3, -0.25) is 9.97 Å². The van der Waals surface area contributed by atoms with Gasteiger partial charge in [0, 0.05) is 46.0 Å². The lowest BCUT2D eigenvalue weighted by Crippen LogP contribution is -2.16. The topological polar surface area (TPSA) is 29.0 Å². The van der Waals surface area contributed by atoms with Gasteiger partial charge in [-0.2, -0.15) is 0 Å². The minimum absolute atomic E-state index is 0.0702. The molecule has 6 aromatic rings. The zero-order valence-electron chi connectivity index (χ0n) is 22.6. The zero-order chi connectivity index (χ0) is 27.1. The normalized spacial score (nSPS) is 12.9. The van der Waals surface area contributed by atoms with Crippen LogP contribution in [-0.4, -0.2) is 9.97 Å². The number of hydrogen-bond donors (Lipinski definition) is 0. The standard InChI is InChI=1S/C37H29N3/c1-37(2)33-10-4-3-9-31(33)32-22-21-30(25-34(32)37)40(28-17-13-26(14-18-28)35-11-5-7-23-38-35)29-19-15-27(16-20-29)36-12-6-8-24-39-36/h3-25H,1-2H3. The molecule has 3 heteroatoms. The first-order valence-corrected chi connectivity index (χ1v) is 13.7. The van der Waals surface area contributed by atoms with Gasteiger partial charge >= 0.3 is 0 Å². The van der Waals surface area contributed by atoms with Crippen molar-refractivity contribution in [1.82, 2.24) is 9.97 Å². The molecular formula is C37H29N3. The maximum atomic E-state index is 4.53. The Kier molecular flexibility index (Phi) is 5.78. The van der Waals surface area contributed by atoms with Crippen LogP contribution < -0.4 is 4.90 Å². The Balaban J connectivity index is 1.34. The molecule has 1 aliphatic rings. The summed E-state index contributed by atoms with van der Waals surface area (Å²) in [6.45, 7) is 4.66. The average molecular weight is 516 g/mol. The Morgan fingerprint density at radius 3 is 1.52 bits per heavy atom. The van der Waals surface area contributed by atoms with Crippen LogP contribution >= 0.6 is 0 Å². The molecule has 192 valence electrons. The number of rotatable bonds is 5. The summed E-state index contributed by atoms with van der Waals surface area (Å²) >= 11 is 0. The highest BCUT2D eigenvalue weighted by Crippen LogP contribution is 2.50. The number of anilines is 3. The molecule has 1 aliphatic carbocycles. The molecule has 0 spiro atoms.